The van der Waals surface area contributed by atoms with Crippen molar-refractivity contribution < 1.29 is 4.79 Å². The Bertz CT molecular complexity index is 1580. The number of carbonyl (C=O) groups is 1. The highest BCUT2D eigenvalue weighted by molar-refractivity contribution is 7.98. The number of nitrogens with zero attached hydrogens (tertiary/aromatic N) is 3. The van der Waals surface area contributed by atoms with Crippen LogP contribution in [0, 0.1) is 6.92 Å². The second kappa shape index (κ2) is 11.3. The van der Waals surface area contributed by atoms with Gasteiger partial charge in [0.25, 0.3) is 0 Å². The molecule has 0 bridgehead atoms. The third-order valence-corrected chi connectivity index (χ3v) is 7.44. The van der Waals surface area contributed by atoms with E-state index in [0.717, 1.165) is 16.5 Å². The fourth-order valence-corrected chi connectivity index (χ4v) is 5.39. The third kappa shape index (κ3) is 5.74. The minimum atomic E-state index is -0.350. The number of urea groups is 1. The SMILES string of the molecule is Cc1ccccc1CSc1nnc(CNC(=O)Nc2cccc3ccccc23)n1-c1cc(Cl)ccc1Cl. The van der Waals surface area contributed by atoms with Gasteiger partial charge < -0.3 is 10.6 Å². The van der Waals surface area contributed by atoms with Crippen LogP contribution in [0.25, 0.3) is 16.5 Å². The van der Waals surface area contributed by atoms with E-state index in [1.165, 1.54) is 11.1 Å². The van der Waals surface area contributed by atoms with Gasteiger partial charge in [-0.3, -0.25) is 4.57 Å². The molecule has 5 rings (SSSR count). The lowest BCUT2D eigenvalue weighted by Gasteiger charge is -2.14. The zero-order valence-corrected chi connectivity index (χ0v) is 22.2. The molecule has 1 aromatic heterocycles. The van der Waals surface area contributed by atoms with Crippen molar-refractivity contribution >= 4 is 57.5 Å². The normalized spacial score (nSPS) is 11.0. The molecule has 0 unspecified atom stereocenters. The molecule has 9 heteroatoms. The number of halogens is 2. The molecule has 0 aliphatic rings. The van der Waals surface area contributed by atoms with Crippen molar-refractivity contribution in [1.82, 2.24) is 20.1 Å². The van der Waals surface area contributed by atoms with Crippen LogP contribution in [0.4, 0.5) is 10.5 Å². The number of aromatic nitrogens is 3. The van der Waals surface area contributed by atoms with Crippen LogP contribution in [-0.2, 0) is 12.3 Å². The molecule has 0 spiro atoms. The van der Waals surface area contributed by atoms with Gasteiger partial charge in [-0.25, -0.2) is 4.79 Å². The highest BCUT2D eigenvalue weighted by Gasteiger charge is 2.18. The van der Waals surface area contributed by atoms with E-state index in [-0.39, 0.29) is 12.6 Å². The lowest BCUT2D eigenvalue weighted by Crippen LogP contribution is -2.29. The van der Waals surface area contributed by atoms with Gasteiger partial charge in [0.2, 0.25) is 0 Å². The predicted octanol–water partition coefficient (Wildman–Crippen LogP) is 7.65. The van der Waals surface area contributed by atoms with Crippen molar-refractivity contribution in [3.05, 3.63) is 112 Å². The minimum Gasteiger partial charge on any atom is -0.331 e. The lowest BCUT2D eigenvalue weighted by atomic mass is 10.1. The number of thioether (sulfide) groups is 1. The Balaban J connectivity index is 1.38. The summed E-state index contributed by atoms with van der Waals surface area (Å²) in [7, 11) is 0. The van der Waals surface area contributed by atoms with Gasteiger partial charge in [-0.1, -0.05) is 95.6 Å². The molecule has 4 aromatic carbocycles. The number of amides is 2. The highest BCUT2D eigenvalue weighted by atomic mass is 35.5. The average Bonchev–Trinajstić information content (AvgIpc) is 3.31. The van der Waals surface area contributed by atoms with Crippen molar-refractivity contribution in [3.8, 4) is 5.69 Å². The Labute approximate surface area is 229 Å². The van der Waals surface area contributed by atoms with Crippen molar-refractivity contribution in [3.63, 3.8) is 0 Å². The van der Waals surface area contributed by atoms with Crippen LogP contribution >= 0.6 is 35.0 Å². The maximum atomic E-state index is 12.8. The standard InChI is InChI=1S/C28H23Cl2N5OS/c1-18-7-2-3-9-20(18)17-37-28-34-33-26(35(28)25-15-21(29)13-14-23(25)30)16-31-27(36)32-24-12-6-10-19-8-4-5-11-22(19)24/h2-15H,16-17H2,1H3,(H2,31,32,36). The number of rotatable bonds is 7. The number of carbonyl (C=O) groups excluding carboxylic acids is 1. The zero-order valence-electron chi connectivity index (χ0n) is 19.9. The van der Waals surface area contributed by atoms with Crippen LogP contribution in [0.3, 0.4) is 0 Å². The molecule has 2 N–H and O–H groups in total. The molecule has 0 saturated heterocycles. The number of fused-ring (bicyclic) bond motifs is 1. The third-order valence-electron chi connectivity index (χ3n) is 5.91. The Morgan fingerprint density at radius 1 is 0.946 bits per heavy atom. The van der Waals surface area contributed by atoms with E-state index in [0.29, 0.717) is 32.5 Å². The molecule has 2 amide bonds. The van der Waals surface area contributed by atoms with E-state index in [2.05, 4.69) is 39.9 Å². The van der Waals surface area contributed by atoms with E-state index in [4.69, 9.17) is 23.2 Å². The van der Waals surface area contributed by atoms with E-state index in [1.807, 2.05) is 59.2 Å². The van der Waals surface area contributed by atoms with Crippen molar-refractivity contribution in [2.24, 2.45) is 0 Å². The summed E-state index contributed by atoms with van der Waals surface area (Å²) in [6, 6.07) is 26.8. The second-order valence-electron chi connectivity index (χ2n) is 8.38. The van der Waals surface area contributed by atoms with Crippen LogP contribution in [-0.4, -0.2) is 20.8 Å². The van der Waals surface area contributed by atoms with Crippen molar-refractivity contribution in [1.29, 1.82) is 0 Å². The topological polar surface area (TPSA) is 71.8 Å². The molecular weight excluding hydrogens is 525 g/mol. The smallest absolute Gasteiger partial charge is 0.319 e. The molecule has 6 nitrogen and oxygen atoms in total. The lowest BCUT2D eigenvalue weighted by molar-refractivity contribution is 0.251. The van der Waals surface area contributed by atoms with Gasteiger partial charge in [0.1, 0.15) is 0 Å². The predicted molar refractivity (Wildman–Crippen MR) is 152 cm³/mol. The summed E-state index contributed by atoms with van der Waals surface area (Å²) in [4.78, 5) is 12.8. The van der Waals surface area contributed by atoms with Crippen LogP contribution in [0.5, 0.6) is 0 Å². The highest BCUT2D eigenvalue weighted by Crippen LogP contribution is 2.31. The molecule has 0 atom stereocenters. The maximum absolute atomic E-state index is 12.8. The van der Waals surface area contributed by atoms with Gasteiger partial charge in [0, 0.05) is 16.2 Å². The van der Waals surface area contributed by atoms with E-state index in [9.17, 15) is 4.79 Å². The molecular formula is C28H23Cl2N5OS. The van der Waals surface area contributed by atoms with E-state index >= 15 is 0 Å². The van der Waals surface area contributed by atoms with E-state index < -0.39 is 0 Å². The Hall–Kier alpha value is -3.52. The summed E-state index contributed by atoms with van der Waals surface area (Å²) < 4.78 is 1.84. The first-order chi connectivity index (χ1) is 18.0. The molecule has 0 fully saturated rings. The number of hydrogen-bond acceptors (Lipinski definition) is 4. The molecule has 0 aliphatic heterocycles. The Morgan fingerprint density at radius 3 is 2.59 bits per heavy atom. The van der Waals surface area contributed by atoms with Crippen LogP contribution in [0.15, 0.2) is 90.1 Å². The molecule has 37 heavy (non-hydrogen) atoms. The summed E-state index contributed by atoms with van der Waals surface area (Å²) in [5.41, 5.74) is 3.78. The fourth-order valence-electron chi connectivity index (χ4n) is 3.98. The summed E-state index contributed by atoms with van der Waals surface area (Å²) >= 11 is 14.4. The van der Waals surface area contributed by atoms with Gasteiger partial charge in [0.05, 0.1) is 22.9 Å². The van der Waals surface area contributed by atoms with Gasteiger partial charge in [-0.05, 0) is 47.7 Å². The van der Waals surface area contributed by atoms with Crippen molar-refractivity contribution in [2.45, 2.75) is 24.4 Å². The fraction of sp³-hybridized carbons (Fsp3) is 0.107. The largest absolute Gasteiger partial charge is 0.331 e. The summed E-state index contributed by atoms with van der Waals surface area (Å²) in [5, 5.41) is 18.3. The summed E-state index contributed by atoms with van der Waals surface area (Å²) in [5.74, 6) is 1.24. The van der Waals surface area contributed by atoms with Crippen LogP contribution in [0.2, 0.25) is 10.0 Å². The first-order valence-electron chi connectivity index (χ1n) is 11.6. The second-order valence-corrected chi connectivity index (χ2v) is 10.2. The molecule has 0 radical (unpaired) electrons. The first-order valence-corrected chi connectivity index (χ1v) is 13.3. The summed E-state index contributed by atoms with van der Waals surface area (Å²) in [6.07, 6.45) is 0. The molecule has 0 aliphatic carbocycles. The minimum absolute atomic E-state index is 0.136. The number of benzene rings is 4. The maximum Gasteiger partial charge on any atom is 0.319 e. The summed E-state index contributed by atoms with van der Waals surface area (Å²) in [6.45, 7) is 2.22. The van der Waals surface area contributed by atoms with Crippen LogP contribution < -0.4 is 10.6 Å². The van der Waals surface area contributed by atoms with Gasteiger partial charge >= 0.3 is 6.03 Å². The molecule has 0 saturated carbocycles. The number of nitrogens with one attached hydrogen (secondary N) is 2. The first kappa shape index (κ1) is 25.1. The Morgan fingerprint density at radius 2 is 1.73 bits per heavy atom. The molecule has 5 aromatic rings. The zero-order chi connectivity index (χ0) is 25.8. The number of aryl methyl sites for hydroxylation is 1. The van der Waals surface area contributed by atoms with Gasteiger partial charge in [0.15, 0.2) is 11.0 Å². The average molecular weight is 548 g/mol. The van der Waals surface area contributed by atoms with Crippen LogP contribution in [0.1, 0.15) is 17.0 Å². The van der Waals surface area contributed by atoms with Gasteiger partial charge in [-0.2, -0.15) is 0 Å². The quantitative estimate of drug-likeness (QED) is 0.205. The number of anilines is 1. The Kier molecular flexibility index (Phi) is 7.65. The molecule has 1 heterocycles. The number of hydrogen-bond donors (Lipinski definition) is 2. The molecule has 186 valence electrons. The van der Waals surface area contributed by atoms with E-state index in [1.54, 1.807) is 30.0 Å². The monoisotopic (exact) mass is 547 g/mol. The van der Waals surface area contributed by atoms with Gasteiger partial charge in [-0.15, -0.1) is 10.2 Å². The van der Waals surface area contributed by atoms with Crippen molar-refractivity contribution in [2.75, 3.05) is 5.32 Å².